The fourth-order valence-corrected chi connectivity index (χ4v) is 2.30. The zero-order chi connectivity index (χ0) is 10.3. The van der Waals surface area contributed by atoms with Gasteiger partial charge in [-0.1, -0.05) is 25.4 Å². The van der Waals surface area contributed by atoms with E-state index in [0.717, 1.165) is 15.9 Å². The van der Waals surface area contributed by atoms with Gasteiger partial charge >= 0.3 is 0 Å². The van der Waals surface area contributed by atoms with Crippen LogP contribution in [-0.4, -0.2) is 10.2 Å². The molecular formula is C11H13ClN2. The highest BCUT2D eigenvalue weighted by Crippen LogP contribution is 2.32. The minimum Gasteiger partial charge on any atom is -0.276 e. The largest absolute Gasteiger partial charge is 0.276 e. The van der Waals surface area contributed by atoms with E-state index in [0.29, 0.717) is 5.92 Å². The van der Waals surface area contributed by atoms with Crippen LogP contribution in [0.5, 0.6) is 0 Å². The summed E-state index contributed by atoms with van der Waals surface area (Å²) in [4.78, 5) is 0. The first kappa shape index (κ1) is 9.53. The standard InChI is InChI=1S/C11H13ClN2/c1-6(2)10-7(3)4-9(12)11-8(10)5-13-14-11/h4-6H,1-3H3,(H,13,14). The summed E-state index contributed by atoms with van der Waals surface area (Å²) in [6, 6.07) is 2.00. The first-order chi connectivity index (χ1) is 6.61. The van der Waals surface area contributed by atoms with Crippen molar-refractivity contribution in [3.8, 4) is 0 Å². The van der Waals surface area contributed by atoms with Crippen molar-refractivity contribution >= 4 is 22.5 Å². The van der Waals surface area contributed by atoms with Gasteiger partial charge in [-0.3, -0.25) is 5.10 Å². The number of aromatic nitrogens is 2. The Bertz CT molecular complexity index is 471. The van der Waals surface area contributed by atoms with Crippen LogP contribution in [0.2, 0.25) is 5.02 Å². The van der Waals surface area contributed by atoms with Gasteiger partial charge < -0.3 is 0 Å². The summed E-state index contributed by atoms with van der Waals surface area (Å²) in [7, 11) is 0. The lowest BCUT2D eigenvalue weighted by Gasteiger charge is -2.11. The highest BCUT2D eigenvalue weighted by molar-refractivity contribution is 6.35. The molecule has 2 rings (SSSR count). The molecule has 0 unspecified atom stereocenters. The Morgan fingerprint density at radius 3 is 2.79 bits per heavy atom. The van der Waals surface area contributed by atoms with Crippen molar-refractivity contribution in [2.45, 2.75) is 26.7 Å². The molecule has 0 atom stereocenters. The molecule has 74 valence electrons. The number of H-pyrrole nitrogens is 1. The lowest BCUT2D eigenvalue weighted by Crippen LogP contribution is -1.93. The Morgan fingerprint density at radius 2 is 2.14 bits per heavy atom. The molecule has 0 bridgehead atoms. The van der Waals surface area contributed by atoms with Crippen molar-refractivity contribution < 1.29 is 0 Å². The second kappa shape index (κ2) is 3.28. The quantitative estimate of drug-likeness (QED) is 0.762. The van der Waals surface area contributed by atoms with Crippen LogP contribution in [0.4, 0.5) is 0 Å². The third-order valence-corrected chi connectivity index (χ3v) is 2.81. The van der Waals surface area contributed by atoms with E-state index in [1.807, 2.05) is 12.3 Å². The van der Waals surface area contributed by atoms with Crippen LogP contribution in [0.25, 0.3) is 10.9 Å². The van der Waals surface area contributed by atoms with Gasteiger partial charge in [0, 0.05) is 5.39 Å². The smallest absolute Gasteiger partial charge is 0.0839 e. The molecule has 0 saturated carbocycles. The van der Waals surface area contributed by atoms with E-state index in [2.05, 4.69) is 31.0 Å². The third kappa shape index (κ3) is 1.30. The molecule has 0 fully saturated rings. The van der Waals surface area contributed by atoms with Crippen LogP contribution >= 0.6 is 11.6 Å². The van der Waals surface area contributed by atoms with Gasteiger partial charge in [0.2, 0.25) is 0 Å². The number of hydrogen-bond donors (Lipinski definition) is 1. The van der Waals surface area contributed by atoms with Gasteiger partial charge in [-0.25, -0.2) is 0 Å². The summed E-state index contributed by atoms with van der Waals surface area (Å²) in [6.07, 6.45) is 1.85. The molecule has 14 heavy (non-hydrogen) atoms. The summed E-state index contributed by atoms with van der Waals surface area (Å²) < 4.78 is 0. The Hall–Kier alpha value is -1.02. The molecule has 1 aromatic carbocycles. The molecule has 0 aliphatic carbocycles. The molecule has 1 heterocycles. The molecule has 0 aliphatic heterocycles. The molecule has 0 saturated heterocycles. The highest BCUT2D eigenvalue weighted by atomic mass is 35.5. The lowest BCUT2D eigenvalue weighted by atomic mass is 9.95. The third-order valence-electron chi connectivity index (χ3n) is 2.51. The molecule has 3 heteroatoms. The Balaban J connectivity index is 2.86. The van der Waals surface area contributed by atoms with Crippen LogP contribution in [0, 0.1) is 6.92 Å². The van der Waals surface area contributed by atoms with Gasteiger partial charge in [0.1, 0.15) is 0 Å². The minimum atomic E-state index is 0.493. The zero-order valence-corrected chi connectivity index (χ0v) is 9.31. The van der Waals surface area contributed by atoms with Gasteiger partial charge in [-0.05, 0) is 30.0 Å². The van der Waals surface area contributed by atoms with Crippen molar-refractivity contribution in [3.05, 3.63) is 28.4 Å². The van der Waals surface area contributed by atoms with Crippen LogP contribution in [-0.2, 0) is 0 Å². The second-order valence-electron chi connectivity index (χ2n) is 3.90. The number of aryl methyl sites for hydroxylation is 1. The van der Waals surface area contributed by atoms with E-state index in [-0.39, 0.29) is 0 Å². The number of halogens is 1. The summed E-state index contributed by atoms with van der Waals surface area (Å²) in [5.41, 5.74) is 3.51. The Kier molecular flexibility index (Phi) is 2.23. The number of rotatable bonds is 1. The number of nitrogens with one attached hydrogen (secondary N) is 1. The number of aromatic amines is 1. The van der Waals surface area contributed by atoms with Crippen LogP contribution in [0.1, 0.15) is 30.9 Å². The lowest BCUT2D eigenvalue weighted by molar-refractivity contribution is 0.867. The van der Waals surface area contributed by atoms with E-state index < -0.39 is 0 Å². The van der Waals surface area contributed by atoms with Crippen molar-refractivity contribution in [1.29, 1.82) is 0 Å². The van der Waals surface area contributed by atoms with Crippen molar-refractivity contribution in [2.75, 3.05) is 0 Å². The number of nitrogens with zero attached hydrogens (tertiary/aromatic N) is 1. The van der Waals surface area contributed by atoms with E-state index >= 15 is 0 Å². The fraction of sp³-hybridized carbons (Fsp3) is 0.364. The molecule has 0 amide bonds. The molecular weight excluding hydrogens is 196 g/mol. The van der Waals surface area contributed by atoms with Gasteiger partial charge in [0.25, 0.3) is 0 Å². The van der Waals surface area contributed by atoms with Crippen molar-refractivity contribution in [1.82, 2.24) is 10.2 Å². The van der Waals surface area contributed by atoms with E-state index in [1.165, 1.54) is 11.1 Å². The zero-order valence-electron chi connectivity index (χ0n) is 8.56. The maximum absolute atomic E-state index is 6.11. The molecule has 0 aliphatic rings. The summed E-state index contributed by atoms with van der Waals surface area (Å²) in [6.45, 7) is 6.46. The average Bonchev–Trinajstić information content (AvgIpc) is 2.51. The fourth-order valence-electron chi connectivity index (χ4n) is 1.99. The van der Waals surface area contributed by atoms with Gasteiger partial charge in [0.15, 0.2) is 0 Å². The van der Waals surface area contributed by atoms with Crippen molar-refractivity contribution in [3.63, 3.8) is 0 Å². The summed E-state index contributed by atoms with van der Waals surface area (Å²) >= 11 is 6.11. The number of hydrogen-bond acceptors (Lipinski definition) is 1. The van der Waals surface area contributed by atoms with E-state index in [9.17, 15) is 0 Å². The summed E-state index contributed by atoms with van der Waals surface area (Å²) in [5.74, 6) is 0.493. The molecule has 0 radical (unpaired) electrons. The van der Waals surface area contributed by atoms with Crippen LogP contribution in [0.15, 0.2) is 12.3 Å². The first-order valence-electron chi connectivity index (χ1n) is 4.73. The maximum atomic E-state index is 6.11. The van der Waals surface area contributed by atoms with Gasteiger partial charge in [0.05, 0.1) is 16.7 Å². The monoisotopic (exact) mass is 208 g/mol. The Morgan fingerprint density at radius 1 is 1.43 bits per heavy atom. The first-order valence-corrected chi connectivity index (χ1v) is 5.11. The number of benzene rings is 1. The molecule has 1 N–H and O–H groups in total. The predicted octanol–water partition coefficient (Wildman–Crippen LogP) is 3.65. The van der Waals surface area contributed by atoms with Gasteiger partial charge in [-0.15, -0.1) is 0 Å². The van der Waals surface area contributed by atoms with E-state index in [4.69, 9.17) is 11.6 Å². The minimum absolute atomic E-state index is 0.493. The van der Waals surface area contributed by atoms with Gasteiger partial charge in [-0.2, -0.15) is 5.10 Å². The maximum Gasteiger partial charge on any atom is 0.0839 e. The summed E-state index contributed by atoms with van der Waals surface area (Å²) in [5, 5.41) is 8.86. The molecule has 2 aromatic rings. The topological polar surface area (TPSA) is 28.7 Å². The molecule has 1 aromatic heterocycles. The van der Waals surface area contributed by atoms with Crippen LogP contribution in [0.3, 0.4) is 0 Å². The highest BCUT2D eigenvalue weighted by Gasteiger charge is 2.12. The molecule has 2 nitrogen and oxygen atoms in total. The van der Waals surface area contributed by atoms with Crippen molar-refractivity contribution in [2.24, 2.45) is 0 Å². The van der Waals surface area contributed by atoms with Crippen LogP contribution < -0.4 is 0 Å². The second-order valence-corrected chi connectivity index (χ2v) is 4.31. The van der Waals surface area contributed by atoms with E-state index in [1.54, 1.807) is 0 Å². The average molecular weight is 209 g/mol. The predicted molar refractivity (Wildman–Crippen MR) is 59.9 cm³/mol. The Labute approximate surface area is 88.3 Å². The normalized spacial score (nSPS) is 11.5. The SMILES string of the molecule is Cc1cc(Cl)c2[nH]ncc2c1C(C)C. The molecule has 0 spiro atoms. The number of fused-ring (bicyclic) bond motifs is 1.